The van der Waals surface area contributed by atoms with E-state index in [0.717, 1.165) is 5.56 Å². The van der Waals surface area contributed by atoms with Gasteiger partial charge in [0.1, 0.15) is 12.3 Å². The molecule has 0 radical (unpaired) electrons. The van der Waals surface area contributed by atoms with Crippen LogP contribution >= 0.6 is 0 Å². The van der Waals surface area contributed by atoms with E-state index in [1.54, 1.807) is 48.7 Å². The van der Waals surface area contributed by atoms with Gasteiger partial charge in [0.15, 0.2) is 0 Å². The zero-order chi connectivity index (χ0) is 21.6. The molecule has 31 heavy (non-hydrogen) atoms. The smallest absolute Gasteiger partial charge is 0.340 e. The van der Waals surface area contributed by atoms with Gasteiger partial charge < -0.3 is 10.1 Å². The molecule has 2 heterocycles. The third-order valence-electron chi connectivity index (χ3n) is 4.60. The van der Waals surface area contributed by atoms with Crippen molar-refractivity contribution in [1.82, 2.24) is 9.38 Å². The summed E-state index contributed by atoms with van der Waals surface area (Å²) in [5.74, 6) is -0.860. The Kier molecular flexibility index (Phi) is 5.84. The molecule has 0 aliphatic rings. The number of nitrogens with one attached hydrogen (secondary N) is 1. The van der Waals surface area contributed by atoms with Gasteiger partial charge in [-0.05, 0) is 29.8 Å². The third kappa shape index (κ3) is 4.84. The normalized spacial score (nSPS) is 10.6. The molecule has 0 fully saturated rings. The Labute approximate surface area is 178 Å². The molecule has 0 unspecified atom stereocenters. The fourth-order valence-corrected chi connectivity index (χ4v) is 3.14. The van der Waals surface area contributed by atoms with Crippen molar-refractivity contribution in [3.63, 3.8) is 0 Å². The summed E-state index contributed by atoms with van der Waals surface area (Å²) in [6, 6.07) is 22.5. The van der Waals surface area contributed by atoms with Gasteiger partial charge in [0.2, 0.25) is 5.91 Å². The molecule has 0 atom stereocenters. The van der Waals surface area contributed by atoms with Crippen LogP contribution in [0.4, 0.5) is 5.69 Å². The second-order valence-corrected chi connectivity index (χ2v) is 6.85. The number of pyridine rings is 1. The summed E-state index contributed by atoms with van der Waals surface area (Å²) in [5, 5.41) is 2.76. The first-order valence-electron chi connectivity index (χ1n) is 9.67. The molecule has 154 valence electrons. The fourth-order valence-electron chi connectivity index (χ4n) is 3.14. The van der Waals surface area contributed by atoms with E-state index in [9.17, 15) is 14.4 Å². The Bertz CT molecular complexity index is 1300. The van der Waals surface area contributed by atoms with Crippen LogP contribution in [0.3, 0.4) is 0 Å². The van der Waals surface area contributed by atoms with Gasteiger partial charge >= 0.3 is 5.97 Å². The Morgan fingerprint density at radius 1 is 0.935 bits per heavy atom. The van der Waals surface area contributed by atoms with E-state index in [4.69, 9.17) is 4.74 Å². The highest BCUT2D eigenvalue weighted by Gasteiger charge is 2.15. The van der Waals surface area contributed by atoms with Crippen molar-refractivity contribution in [1.29, 1.82) is 0 Å². The van der Waals surface area contributed by atoms with Crippen LogP contribution in [0.15, 0.2) is 89.9 Å². The average molecular weight is 413 g/mol. The molecule has 0 bridgehead atoms. The highest BCUT2D eigenvalue weighted by Crippen LogP contribution is 2.17. The summed E-state index contributed by atoms with van der Waals surface area (Å²) in [4.78, 5) is 41.5. The van der Waals surface area contributed by atoms with Crippen molar-refractivity contribution in [2.24, 2.45) is 0 Å². The van der Waals surface area contributed by atoms with E-state index in [0.29, 0.717) is 17.0 Å². The van der Waals surface area contributed by atoms with E-state index in [1.807, 2.05) is 30.3 Å². The lowest BCUT2D eigenvalue weighted by atomic mass is 10.1. The maximum absolute atomic E-state index is 12.6. The van der Waals surface area contributed by atoms with Gasteiger partial charge in [0, 0.05) is 12.3 Å². The lowest BCUT2D eigenvalue weighted by molar-refractivity contribution is -0.115. The number of rotatable bonds is 6. The van der Waals surface area contributed by atoms with E-state index < -0.39 is 5.97 Å². The maximum atomic E-state index is 12.6. The summed E-state index contributed by atoms with van der Waals surface area (Å²) in [6.07, 6.45) is 1.81. The second-order valence-electron chi connectivity index (χ2n) is 6.85. The van der Waals surface area contributed by atoms with Gasteiger partial charge in [-0.3, -0.25) is 14.0 Å². The molecule has 1 amide bonds. The number of nitrogens with zero attached hydrogens (tertiary/aromatic N) is 2. The summed E-state index contributed by atoms with van der Waals surface area (Å²) in [6.45, 7) is -0.161. The molecule has 7 heteroatoms. The molecule has 0 aliphatic carbocycles. The van der Waals surface area contributed by atoms with Crippen molar-refractivity contribution in [3.05, 3.63) is 112 Å². The van der Waals surface area contributed by atoms with Gasteiger partial charge in [-0.15, -0.1) is 0 Å². The SMILES string of the molecule is O=C(Cc1ccccc1)Nc1ccccc1C(=O)OCc1cc(=O)n2ccccc2n1. The van der Waals surface area contributed by atoms with E-state index in [2.05, 4.69) is 10.3 Å². The number of amides is 1. The van der Waals surface area contributed by atoms with Crippen LogP contribution in [0.2, 0.25) is 0 Å². The molecular formula is C24H19N3O4. The first kappa shape index (κ1) is 20.0. The molecule has 2 aromatic carbocycles. The lowest BCUT2D eigenvalue weighted by Crippen LogP contribution is -2.18. The number of para-hydroxylation sites is 1. The topological polar surface area (TPSA) is 89.8 Å². The highest BCUT2D eigenvalue weighted by molar-refractivity contribution is 6.01. The number of benzene rings is 2. The summed E-state index contributed by atoms with van der Waals surface area (Å²) >= 11 is 0. The van der Waals surface area contributed by atoms with Crippen LogP contribution < -0.4 is 10.9 Å². The first-order chi connectivity index (χ1) is 15.1. The second kappa shape index (κ2) is 9.04. The van der Waals surface area contributed by atoms with E-state index >= 15 is 0 Å². The minimum absolute atomic E-state index is 0.161. The molecular weight excluding hydrogens is 394 g/mol. The van der Waals surface area contributed by atoms with Crippen LogP contribution in [0.1, 0.15) is 21.6 Å². The Morgan fingerprint density at radius 3 is 2.52 bits per heavy atom. The number of ether oxygens (including phenoxy) is 1. The van der Waals surface area contributed by atoms with Crippen LogP contribution in [0.5, 0.6) is 0 Å². The largest absolute Gasteiger partial charge is 0.456 e. The molecule has 2 aromatic heterocycles. The number of aromatic nitrogens is 2. The first-order valence-corrected chi connectivity index (χ1v) is 9.67. The molecule has 0 spiro atoms. The molecule has 0 aliphatic heterocycles. The number of carbonyl (C=O) groups excluding carboxylic acids is 2. The average Bonchev–Trinajstić information content (AvgIpc) is 2.78. The molecule has 1 N–H and O–H groups in total. The Balaban J connectivity index is 1.46. The molecule has 7 nitrogen and oxygen atoms in total. The molecule has 4 rings (SSSR count). The molecule has 0 saturated carbocycles. The Hall–Kier alpha value is -4.26. The van der Waals surface area contributed by atoms with Crippen molar-refractivity contribution in [2.45, 2.75) is 13.0 Å². The van der Waals surface area contributed by atoms with Crippen molar-refractivity contribution >= 4 is 23.2 Å². The number of carbonyl (C=O) groups is 2. The lowest BCUT2D eigenvalue weighted by Gasteiger charge is -2.11. The summed E-state index contributed by atoms with van der Waals surface area (Å²) in [7, 11) is 0. The number of hydrogen-bond donors (Lipinski definition) is 1. The maximum Gasteiger partial charge on any atom is 0.340 e. The van der Waals surface area contributed by atoms with Crippen molar-refractivity contribution in [3.8, 4) is 0 Å². The predicted molar refractivity (Wildman–Crippen MR) is 116 cm³/mol. The highest BCUT2D eigenvalue weighted by atomic mass is 16.5. The van der Waals surface area contributed by atoms with Gasteiger partial charge in [-0.25, -0.2) is 9.78 Å². The zero-order valence-corrected chi connectivity index (χ0v) is 16.5. The third-order valence-corrected chi connectivity index (χ3v) is 4.60. The summed E-state index contributed by atoms with van der Waals surface area (Å²) < 4.78 is 6.76. The van der Waals surface area contributed by atoms with Crippen LogP contribution in [0.25, 0.3) is 5.65 Å². The Morgan fingerprint density at radius 2 is 1.68 bits per heavy atom. The number of hydrogen-bond acceptors (Lipinski definition) is 5. The fraction of sp³-hybridized carbons (Fsp3) is 0.0833. The summed E-state index contributed by atoms with van der Waals surface area (Å²) in [5.41, 5.74) is 2.00. The van der Waals surface area contributed by atoms with E-state index in [-0.39, 0.29) is 30.1 Å². The quantitative estimate of drug-likeness (QED) is 0.490. The van der Waals surface area contributed by atoms with Crippen LogP contribution in [-0.4, -0.2) is 21.3 Å². The molecule has 4 aromatic rings. The number of fused-ring (bicyclic) bond motifs is 1. The predicted octanol–water partition coefficient (Wildman–Crippen LogP) is 3.23. The van der Waals surface area contributed by atoms with Crippen LogP contribution in [-0.2, 0) is 22.6 Å². The monoisotopic (exact) mass is 413 g/mol. The van der Waals surface area contributed by atoms with Crippen molar-refractivity contribution < 1.29 is 14.3 Å². The molecule has 0 saturated heterocycles. The number of esters is 1. The van der Waals surface area contributed by atoms with Gasteiger partial charge in [-0.1, -0.05) is 48.5 Å². The van der Waals surface area contributed by atoms with Crippen LogP contribution in [0, 0.1) is 0 Å². The standard InChI is InChI=1S/C24H19N3O4/c28-22(14-17-8-2-1-3-9-17)26-20-11-5-4-10-19(20)24(30)31-16-18-15-23(29)27-13-7-6-12-21(27)25-18/h1-13,15H,14,16H2,(H,26,28). The zero-order valence-electron chi connectivity index (χ0n) is 16.5. The van der Waals surface area contributed by atoms with Gasteiger partial charge in [0.05, 0.1) is 23.4 Å². The van der Waals surface area contributed by atoms with Crippen molar-refractivity contribution in [2.75, 3.05) is 5.32 Å². The minimum atomic E-state index is -0.620. The van der Waals surface area contributed by atoms with Gasteiger partial charge in [0.25, 0.3) is 5.56 Å². The van der Waals surface area contributed by atoms with Gasteiger partial charge in [-0.2, -0.15) is 0 Å². The minimum Gasteiger partial charge on any atom is -0.456 e. The van der Waals surface area contributed by atoms with E-state index in [1.165, 1.54) is 10.5 Å². The number of anilines is 1.